The van der Waals surface area contributed by atoms with Crippen molar-refractivity contribution in [2.75, 3.05) is 18.4 Å². The van der Waals surface area contributed by atoms with E-state index in [1.807, 2.05) is 50.2 Å². The van der Waals surface area contributed by atoms with Gasteiger partial charge < -0.3 is 10.2 Å². The summed E-state index contributed by atoms with van der Waals surface area (Å²) in [6, 6.07) is 15.0. The number of thiocarbonyl (C=S) groups is 1. The molecule has 4 nitrogen and oxygen atoms in total. The zero-order chi connectivity index (χ0) is 19.4. The smallest absolute Gasteiger partial charge is 0.244 e. The van der Waals surface area contributed by atoms with Crippen molar-refractivity contribution in [1.29, 1.82) is 0 Å². The molecule has 3 rings (SSSR count). The fraction of sp³-hybridized carbons (Fsp3) is 0.250. The van der Waals surface area contributed by atoms with Crippen molar-refractivity contribution < 1.29 is 4.79 Å². The summed E-state index contributed by atoms with van der Waals surface area (Å²) in [6.07, 6.45) is 0. The van der Waals surface area contributed by atoms with E-state index in [2.05, 4.69) is 10.2 Å². The number of nitrogens with one attached hydrogen (secondary N) is 1. The van der Waals surface area contributed by atoms with Crippen LogP contribution in [0.4, 0.5) is 11.4 Å². The molecule has 0 bridgehead atoms. The number of halogens is 1. The molecule has 7 heteroatoms. The second-order valence-electron chi connectivity index (χ2n) is 5.95. The molecule has 0 saturated heterocycles. The Balaban J connectivity index is 2.05. The highest BCUT2D eigenvalue weighted by Gasteiger charge is 2.32. The Kier molecular flexibility index (Phi) is 6.52. The van der Waals surface area contributed by atoms with E-state index in [-0.39, 0.29) is 5.91 Å². The van der Waals surface area contributed by atoms with E-state index in [0.717, 1.165) is 18.7 Å². The van der Waals surface area contributed by atoms with Gasteiger partial charge in [-0.2, -0.15) is 0 Å². The first-order chi connectivity index (χ1) is 13.0. The molecule has 140 valence electrons. The molecule has 0 radical (unpaired) electrons. The van der Waals surface area contributed by atoms with Crippen LogP contribution < -0.4 is 5.32 Å². The second-order valence-corrected chi connectivity index (χ2v) is 8.13. The molecule has 1 N–H and O–H groups in total. The van der Waals surface area contributed by atoms with Crippen LogP contribution in [0.2, 0.25) is 5.02 Å². The number of carbonyl (C=O) groups is 1. The molecular formula is C20H20ClN3OS2. The number of thioether (sulfide) groups is 1. The third-order valence-corrected chi connectivity index (χ3v) is 6.17. The zero-order valence-electron chi connectivity index (χ0n) is 15.1. The Hall–Kier alpha value is -1.89. The highest BCUT2D eigenvalue weighted by atomic mass is 35.5. The fourth-order valence-corrected chi connectivity index (χ4v) is 4.60. The lowest BCUT2D eigenvalue weighted by molar-refractivity contribution is -0.114. The maximum atomic E-state index is 13.1. The van der Waals surface area contributed by atoms with E-state index >= 15 is 0 Å². The van der Waals surface area contributed by atoms with Gasteiger partial charge in [0.1, 0.15) is 9.57 Å². The average Bonchev–Trinajstić information content (AvgIpc) is 2.80. The van der Waals surface area contributed by atoms with E-state index in [9.17, 15) is 4.79 Å². The molecule has 1 unspecified atom stereocenters. The van der Waals surface area contributed by atoms with Gasteiger partial charge in [0.2, 0.25) is 5.91 Å². The van der Waals surface area contributed by atoms with Gasteiger partial charge in [-0.15, -0.1) is 0 Å². The molecule has 0 fully saturated rings. The van der Waals surface area contributed by atoms with Crippen molar-refractivity contribution >= 4 is 62.9 Å². The lowest BCUT2D eigenvalue weighted by atomic mass is 10.1. The first-order valence-electron chi connectivity index (χ1n) is 8.73. The van der Waals surface area contributed by atoms with Crippen molar-refractivity contribution in [2.24, 2.45) is 4.99 Å². The minimum absolute atomic E-state index is 0.155. The summed E-state index contributed by atoms with van der Waals surface area (Å²) in [4.78, 5) is 20.0. The zero-order valence-corrected chi connectivity index (χ0v) is 17.5. The highest BCUT2D eigenvalue weighted by Crippen LogP contribution is 2.34. The number of fused-ring (bicyclic) bond motifs is 1. The number of nitrogens with zero attached hydrogens (tertiary/aromatic N) is 2. The van der Waals surface area contributed by atoms with Gasteiger partial charge in [0, 0.05) is 18.1 Å². The van der Waals surface area contributed by atoms with Crippen LogP contribution >= 0.6 is 35.6 Å². The summed E-state index contributed by atoms with van der Waals surface area (Å²) in [7, 11) is 0. The minimum atomic E-state index is -0.549. The molecule has 0 spiro atoms. The SMILES string of the molecule is CCN(CC)C(=S)SC1C(=O)Nc2cc(Cl)ccc2N=C1c1ccccc1. The molecule has 0 aromatic heterocycles. The number of benzene rings is 2. The van der Waals surface area contributed by atoms with E-state index in [4.69, 9.17) is 28.8 Å². The summed E-state index contributed by atoms with van der Waals surface area (Å²) in [5, 5.41) is 2.96. The van der Waals surface area contributed by atoms with Gasteiger partial charge in [0.25, 0.3) is 0 Å². The minimum Gasteiger partial charge on any atom is -0.358 e. The first-order valence-corrected chi connectivity index (χ1v) is 10.4. The summed E-state index contributed by atoms with van der Waals surface area (Å²) < 4.78 is 0.688. The normalized spacial score (nSPS) is 16.0. The van der Waals surface area contributed by atoms with E-state index in [1.165, 1.54) is 11.8 Å². The lowest BCUT2D eigenvalue weighted by Crippen LogP contribution is -2.36. The van der Waals surface area contributed by atoms with Gasteiger partial charge in [-0.1, -0.05) is 65.9 Å². The van der Waals surface area contributed by atoms with Gasteiger partial charge in [-0.25, -0.2) is 4.99 Å². The second kappa shape index (κ2) is 8.87. The fourth-order valence-electron chi connectivity index (χ4n) is 2.81. The molecular weight excluding hydrogens is 398 g/mol. The standard InChI is InChI=1S/C20H20ClN3OS2/c1-3-24(4-2)20(26)27-18-17(13-8-6-5-7-9-13)22-15-11-10-14(21)12-16(15)23-19(18)25/h5-12,18H,3-4H2,1-2H3,(H,23,25). The van der Waals surface area contributed by atoms with E-state index in [1.54, 1.807) is 12.1 Å². The van der Waals surface area contributed by atoms with Crippen LogP contribution in [0.1, 0.15) is 19.4 Å². The molecule has 1 heterocycles. The van der Waals surface area contributed by atoms with Gasteiger partial charge >= 0.3 is 0 Å². The predicted molar refractivity (Wildman–Crippen MR) is 120 cm³/mol. The summed E-state index contributed by atoms with van der Waals surface area (Å²) >= 11 is 13.1. The molecule has 2 aromatic carbocycles. The molecule has 1 aliphatic rings. The number of amides is 1. The largest absolute Gasteiger partial charge is 0.358 e. The highest BCUT2D eigenvalue weighted by molar-refractivity contribution is 8.24. The van der Waals surface area contributed by atoms with Crippen LogP contribution in [0.3, 0.4) is 0 Å². The molecule has 1 atom stereocenters. The summed E-state index contributed by atoms with van der Waals surface area (Å²) in [5.74, 6) is -0.155. The van der Waals surface area contributed by atoms with Gasteiger partial charge in [-0.3, -0.25) is 4.79 Å². The molecule has 1 aliphatic heterocycles. The molecule has 0 saturated carbocycles. The van der Waals surface area contributed by atoms with Crippen LogP contribution in [0.15, 0.2) is 53.5 Å². The first kappa shape index (κ1) is 19.9. The number of hydrogen-bond acceptors (Lipinski definition) is 4. The quantitative estimate of drug-likeness (QED) is 0.699. The van der Waals surface area contributed by atoms with Crippen molar-refractivity contribution in [1.82, 2.24) is 4.90 Å². The van der Waals surface area contributed by atoms with Crippen molar-refractivity contribution in [3.63, 3.8) is 0 Å². The lowest BCUT2D eigenvalue weighted by Gasteiger charge is -2.24. The maximum absolute atomic E-state index is 13.1. The van der Waals surface area contributed by atoms with Crippen LogP contribution in [0, 0.1) is 0 Å². The Morgan fingerprint density at radius 3 is 2.59 bits per heavy atom. The molecule has 1 amide bonds. The van der Waals surface area contributed by atoms with Crippen LogP contribution in [-0.4, -0.2) is 39.2 Å². The van der Waals surface area contributed by atoms with Gasteiger partial charge in [0.15, 0.2) is 0 Å². The van der Waals surface area contributed by atoms with Crippen molar-refractivity contribution in [2.45, 2.75) is 19.1 Å². The number of aliphatic imine (C=N–C) groups is 1. The monoisotopic (exact) mass is 417 g/mol. The topological polar surface area (TPSA) is 44.7 Å². The number of anilines is 1. The maximum Gasteiger partial charge on any atom is 0.244 e. The third kappa shape index (κ3) is 4.51. The van der Waals surface area contributed by atoms with Crippen molar-refractivity contribution in [3.05, 3.63) is 59.1 Å². The van der Waals surface area contributed by atoms with E-state index in [0.29, 0.717) is 26.4 Å². The Bertz CT molecular complexity index is 882. The van der Waals surface area contributed by atoms with Crippen LogP contribution in [0.25, 0.3) is 0 Å². The Labute approximate surface area is 174 Å². The molecule has 0 aliphatic carbocycles. The number of hydrogen-bond donors (Lipinski definition) is 1. The Morgan fingerprint density at radius 2 is 1.93 bits per heavy atom. The number of carbonyl (C=O) groups excluding carboxylic acids is 1. The van der Waals surface area contributed by atoms with Crippen molar-refractivity contribution in [3.8, 4) is 0 Å². The van der Waals surface area contributed by atoms with Crippen LogP contribution in [-0.2, 0) is 4.79 Å². The molecule has 2 aromatic rings. The van der Waals surface area contributed by atoms with Gasteiger partial charge in [-0.05, 0) is 37.6 Å². The summed E-state index contributed by atoms with van der Waals surface area (Å²) in [6.45, 7) is 5.69. The number of rotatable bonds is 4. The van der Waals surface area contributed by atoms with Crippen LogP contribution in [0.5, 0.6) is 0 Å². The van der Waals surface area contributed by atoms with E-state index < -0.39 is 5.25 Å². The Morgan fingerprint density at radius 1 is 1.22 bits per heavy atom. The predicted octanol–water partition coefficient (Wildman–Crippen LogP) is 5.14. The summed E-state index contributed by atoms with van der Waals surface area (Å²) in [5.41, 5.74) is 2.88. The molecule has 27 heavy (non-hydrogen) atoms. The van der Waals surface area contributed by atoms with Gasteiger partial charge in [0.05, 0.1) is 17.1 Å². The third-order valence-electron chi connectivity index (χ3n) is 4.25. The average molecular weight is 418 g/mol.